The van der Waals surface area contributed by atoms with E-state index in [-0.39, 0.29) is 5.91 Å². The van der Waals surface area contributed by atoms with Crippen LogP contribution in [-0.2, 0) is 4.79 Å². The number of rotatable bonds is 2. The van der Waals surface area contributed by atoms with Crippen molar-refractivity contribution < 1.29 is 9.53 Å². The molecule has 0 unspecified atom stereocenters. The van der Waals surface area contributed by atoms with Crippen molar-refractivity contribution in [1.82, 2.24) is 5.32 Å². The molecule has 0 aliphatic carbocycles. The molecule has 1 N–H and O–H groups in total. The van der Waals surface area contributed by atoms with Crippen molar-refractivity contribution in [2.24, 2.45) is 0 Å². The van der Waals surface area contributed by atoms with Crippen LogP contribution in [0.2, 0.25) is 0 Å². The van der Waals surface area contributed by atoms with Gasteiger partial charge in [0.15, 0.2) is 0 Å². The highest BCUT2D eigenvalue weighted by atomic mass is 16.5. The molecule has 0 bridgehead atoms. The molecule has 1 heterocycles. The third-order valence-electron chi connectivity index (χ3n) is 2.95. The van der Waals surface area contributed by atoms with Gasteiger partial charge in [-0.3, -0.25) is 4.79 Å². The van der Waals surface area contributed by atoms with Gasteiger partial charge in [0, 0.05) is 12.2 Å². The summed E-state index contributed by atoms with van der Waals surface area (Å²) in [5, 5.41) is 3.14. The first kappa shape index (κ1) is 11.9. The number of nitrogens with zero attached hydrogens (tertiary/aromatic N) is 1. The smallest absolute Gasteiger partial charge is 0.240 e. The van der Waals surface area contributed by atoms with Crippen molar-refractivity contribution in [2.45, 2.75) is 12.8 Å². The van der Waals surface area contributed by atoms with Crippen LogP contribution in [0.1, 0.15) is 12.8 Å². The van der Waals surface area contributed by atoms with Gasteiger partial charge in [-0.05, 0) is 43.7 Å². The molecule has 92 valence electrons. The molecule has 0 saturated carbocycles. The van der Waals surface area contributed by atoms with Crippen LogP contribution in [0.5, 0.6) is 5.75 Å². The second-order valence-electron chi connectivity index (χ2n) is 4.13. The average molecular weight is 234 g/mol. The Labute approximate surface area is 102 Å². The molecule has 1 aliphatic rings. The molecule has 4 nitrogen and oxygen atoms in total. The molecule has 2 rings (SSSR count). The fourth-order valence-corrected chi connectivity index (χ4v) is 1.97. The maximum absolute atomic E-state index is 12.0. The zero-order valence-corrected chi connectivity index (χ0v) is 10.1. The first-order chi connectivity index (χ1) is 8.31. The lowest BCUT2D eigenvalue weighted by atomic mass is 10.2. The first-order valence-corrected chi connectivity index (χ1v) is 5.96. The molecule has 0 aromatic heterocycles. The second kappa shape index (κ2) is 5.68. The number of amides is 1. The summed E-state index contributed by atoms with van der Waals surface area (Å²) in [5.41, 5.74) is 0.944. The summed E-state index contributed by atoms with van der Waals surface area (Å²) in [6.07, 6.45) is 2.14. The first-order valence-electron chi connectivity index (χ1n) is 5.96. The predicted octanol–water partition coefficient (Wildman–Crippen LogP) is 1.41. The number of anilines is 1. The van der Waals surface area contributed by atoms with E-state index in [1.165, 1.54) is 0 Å². The van der Waals surface area contributed by atoms with Crippen LogP contribution in [0, 0.1) is 0 Å². The van der Waals surface area contributed by atoms with Crippen LogP contribution >= 0.6 is 0 Å². The summed E-state index contributed by atoms with van der Waals surface area (Å²) in [6.45, 7) is 2.15. The maximum Gasteiger partial charge on any atom is 0.240 e. The molecule has 1 aromatic rings. The number of hydrogen-bond acceptors (Lipinski definition) is 3. The van der Waals surface area contributed by atoms with Crippen LogP contribution in [0.25, 0.3) is 0 Å². The van der Waals surface area contributed by atoms with Gasteiger partial charge in [0.05, 0.1) is 13.7 Å². The summed E-state index contributed by atoms with van der Waals surface area (Å²) >= 11 is 0. The number of carbonyl (C=O) groups is 1. The molecular formula is C13H18N2O2. The summed E-state index contributed by atoms with van der Waals surface area (Å²) in [4.78, 5) is 13.8. The Morgan fingerprint density at radius 2 is 2.00 bits per heavy atom. The number of benzene rings is 1. The van der Waals surface area contributed by atoms with E-state index in [1.807, 2.05) is 29.2 Å². The standard InChI is InChI=1S/C13H18N2O2/c1-17-12-6-4-11(5-7-12)15-9-3-2-8-14-10-13(15)16/h4-7,14H,2-3,8-10H2,1H3. The molecule has 0 spiro atoms. The molecule has 1 fully saturated rings. The van der Waals surface area contributed by atoms with E-state index < -0.39 is 0 Å². The molecule has 1 amide bonds. The van der Waals surface area contributed by atoms with E-state index in [0.717, 1.165) is 37.4 Å². The Balaban J connectivity index is 2.13. The zero-order valence-electron chi connectivity index (χ0n) is 10.1. The minimum Gasteiger partial charge on any atom is -0.497 e. The molecule has 0 radical (unpaired) electrons. The lowest BCUT2D eigenvalue weighted by molar-refractivity contribution is -0.118. The van der Waals surface area contributed by atoms with Crippen molar-refractivity contribution in [1.29, 1.82) is 0 Å². The zero-order chi connectivity index (χ0) is 12.1. The maximum atomic E-state index is 12.0. The van der Waals surface area contributed by atoms with E-state index in [0.29, 0.717) is 6.54 Å². The molecular weight excluding hydrogens is 216 g/mol. The van der Waals surface area contributed by atoms with E-state index in [4.69, 9.17) is 4.74 Å². The van der Waals surface area contributed by atoms with Crippen LogP contribution in [0.4, 0.5) is 5.69 Å². The second-order valence-corrected chi connectivity index (χ2v) is 4.13. The van der Waals surface area contributed by atoms with Crippen molar-refractivity contribution >= 4 is 11.6 Å². The average Bonchev–Trinajstić information content (AvgIpc) is 2.35. The van der Waals surface area contributed by atoms with Gasteiger partial charge in [0.1, 0.15) is 5.75 Å². The van der Waals surface area contributed by atoms with Crippen LogP contribution in [-0.4, -0.2) is 32.7 Å². The number of ether oxygens (including phenoxy) is 1. The Bertz CT molecular complexity index is 376. The number of nitrogens with one attached hydrogen (secondary N) is 1. The number of hydrogen-bond donors (Lipinski definition) is 1. The minimum atomic E-state index is 0.134. The van der Waals surface area contributed by atoms with E-state index in [1.54, 1.807) is 7.11 Å². The highest BCUT2D eigenvalue weighted by Gasteiger charge is 2.16. The largest absolute Gasteiger partial charge is 0.497 e. The van der Waals surface area contributed by atoms with Crippen molar-refractivity contribution in [3.05, 3.63) is 24.3 Å². The Morgan fingerprint density at radius 1 is 1.24 bits per heavy atom. The molecule has 1 aliphatic heterocycles. The van der Waals surface area contributed by atoms with Crippen LogP contribution in [0.15, 0.2) is 24.3 Å². The van der Waals surface area contributed by atoms with Crippen molar-refractivity contribution in [2.75, 3.05) is 31.6 Å². The van der Waals surface area contributed by atoms with Gasteiger partial charge < -0.3 is 15.0 Å². The Morgan fingerprint density at radius 3 is 2.71 bits per heavy atom. The minimum absolute atomic E-state index is 0.134. The normalized spacial score (nSPS) is 17.5. The molecule has 1 saturated heterocycles. The highest BCUT2D eigenvalue weighted by molar-refractivity contribution is 5.94. The summed E-state index contributed by atoms with van der Waals surface area (Å²) < 4.78 is 5.11. The summed E-state index contributed by atoms with van der Waals surface area (Å²) in [7, 11) is 1.64. The Kier molecular flexibility index (Phi) is 3.98. The quantitative estimate of drug-likeness (QED) is 0.841. The van der Waals surface area contributed by atoms with Gasteiger partial charge in [0.25, 0.3) is 0 Å². The fraction of sp³-hybridized carbons (Fsp3) is 0.462. The monoisotopic (exact) mass is 234 g/mol. The van der Waals surface area contributed by atoms with E-state index in [9.17, 15) is 4.79 Å². The van der Waals surface area contributed by atoms with Gasteiger partial charge >= 0.3 is 0 Å². The van der Waals surface area contributed by atoms with Crippen molar-refractivity contribution in [3.63, 3.8) is 0 Å². The van der Waals surface area contributed by atoms with Gasteiger partial charge in [-0.25, -0.2) is 0 Å². The lowest BCUT2D eigenvalue weighted by Gasteiger charge is -2.25. The molecule has 0 atom stereocenters. The Hall–Kier alpha value is -1.55. The molecule has 4 heteroatoms. The predicted molar refractivity (Wildman–Crippen MR) is 67.5 cm³/mol. The third kappa shape index (κ3) is 2.97. The van der Waals surface area contributed by atoms with Gasteiger partial charge in [-0.1, -0.05) is 0 Å². The van der Waals surface area contributed by atoms with E-state index in [2.05, 4.69) is 5.32 Å². The van der Waals surface area contributed by atoms with Crippen molar-refractivity contribution in [3.8, 4) is 5.75 Å². The van der Waals surface area contributed by atoms with Gasteiger partial charge in [-0.2, -0.15) is 0 Å². The molecule has 1 aromatic carbocycles. The third-order valence-corrected chi connectivity index (χ3v) is 2.95. The highest BCUT2D eigenvalue weighted by Crippen LogP contribution is 2.20. The summed E-state index contributed by atoms with van der Waals surface area (Å²) in [5.74, 6) is 0.946. The molecule has 17 heavy (non-hydrogen) atoms. The SMILES string of the molecule is COc1ccc(N2CCCCNCC2=O)cc1. The van der Waals surface area contributed by atoms with Crippen LogP contribution < -0.4 is 15.0 Å². The van der Waals surface area contributed by atoms with Crippen LogP contribution in [0.3, 0.4) is 0 Å². The number of methoxy groups -OCH3 is 1. The van der Waals surface area contributed by atoms with E-state index >= 15 is 0 Å². The summed E-state index contributed by atoms with van der Waals surface area (Å²) in [6, 6.07) is 7.63. The fourth-order valence-electron chi connectivity index (χ4n) is 1.97. The van der Waals surface area contributed by atoms with Gasteiger partial charge in [-0.15, -0.1) is 0 Å². The van der Waals surface area contributed by atoms with Gasteiger partial charge in [0.2, 0.25) is 5.91 Å². The number of carbonyl (C=O) groups excluding carboxylic acids is 1. The topological polar surface area (TPSA) is 41.6 Å². The lowest BCUT2D eigenvalue weighted by Crippen LogP contribution is -2.41.